The van der Waals surface area contributed by atoms with Gasteiger partial charge in [-0.25, -0.2) is 0 Å². The van der Waals surface area contributed by atoms with E-state index in [-0.39, 0.29) is 12.3 Å². The average molecular weight is 331 g/mol. The van der Waals surface area contributed by atoms with Crippen LogP contribution in [-0.4, -0.2) is 40.1 Å². The Labute approximate surface area is 130 Å². The van der Waals surface area contributed by atoms with Crippen molar-refractivity contribution >= 4 is 17.7 Å². The zero-order chi connectivity index (χ0) is 16.4. The summed E-state index contributed by atoms with van der Waals surface area (Å²) >= 11 is 1.29. The summed E-state index contributed by atoms with van der Waals surface area (Å²) in [4.78, 5) is 14.0. The van der Waals surface area contributed by atoms with Crippen LogP contribution < -0.4 is 0 Å². The van der Waals surface area contributed by atoms with E-state index in [2.05, 4.69) is 0 Å². The van der Waals surface area contributed by atoms with Crippen molar-refractivity contribution in [1.82, 2.24) is 4.90 Å². The van der Waals surface area contributed by atoms with Crippen LogP contribution in [0.3, 0.4) is 0 Å². The van der Waals surface area contributed by atoms with Gasteiger partial charge >= 0.3 is 6.18 Å². The Bertz CT molecular complexity index is 574. The van der Waals surface area contributed by atoms with Gasteiger partial charge in [-0.2, -0.15) is 13.2 Å². The fourth-order valence-electron chi connectivity index (χ4n) is 2.35. The first-order chi connectivity index (χ1) is 10.2. The molecule has 0 saturated carbocycles. The lowest BCUT2D eigenvalue weighted by Gasteiger charge is -2.32. The van der Waals surface area contributed by atoms with Crippen LogP contribution in [0.15, 0.2) is 46.9 Å². The Balaban J connectivity index is 2.16. The van der Waals surface area contributed by atoms with Crippen molar-refractivity contribution in [2.45, 2.75) is 30.1 Å². The van der Waals surface area contributed by atoms with Crippen molar-refractivity contribution in [1.29, 1.82) is 0 Å². The Morgan fingerprint density at radius 3 is 2.45 bits per heavy atom. The molecule has 2 rings (SSSR count). The number of likely N-dealkylation sites (N-methyl/N-ethyl adjacent to an activating group) is 1. The molecule has 0 fully saturated rings. The van der Waals surface area contributed by atoms with E-state index in [0.29, 0.717) is 0 Å². The third-order valence-corrected chi connectivity index (χ3v) is 4.47. The second kappa shape index (κ2) is 6.34. The highest BCUT2D eigenvalue weighted by atomic mass is 32.2. The van der Waals surface area contributed by atoms with Crippen LogP contribution in [0.2, 0.25) is 0 Å². The van der Waals surface area contributed by atoms with E-state index in [0.717, 1.165) is 15.9 Å². The van der Waals surface area contributed by atoms with Crippen LogP contribution in [-0.2, 0) is 4.79 Å². The molecule has 22 heavy (non-hydrogen) atoms. The first-order valence-electron chi connectivity index (χ1n) is 6.76. The van der Waals surface area contributed by atoms with Crippen molar-refractivity contribution in [3.63, 3.8) is 0 Å². The molecule has 3 nitrogen and oxygen atoms in total. The predicted molar refractivity (Wildman–Crippen MR) is 78.3 cm³/mol. The minimum atomic E-state index is -4.47. The van der Waals surface area contributed by atoms with Gasteiger partial charge in [-0.05, 0) is 25.1 Å². The van der Waals surface area contributed by atoms with Gasteiger partial charge in [0.25, 0.3) is 5.91 Å². The summed E-state index contributed by atoms with van der Waals surface area (Å²) in [5, 5.41) is 10.6. The fourth-order valence-corrected chi connectivity index (χ4v) is 3.32. The third-order valence-electron chi connectivity index (χ3n) is 3.29. The maximum Gasteiger partial charge on any atom is 0.393 e. The Hall–Kier alpha value is -1.47. The Kier molecular flexibility index (Phi) is 4.87. The number of thioether (sulfide) groups is 1. The molecule has 0 spiro atoms. The van der Waals surface area contributed by atoms with Crippen LogP contribution in [0.1, 0.15) is 13.3 Å². The van der Waals surface area contributed by atoms with Gasteiger partial charge in [0.2, 0.25) is 0 Å². The van der Waals surface area contributed by atoms with Crippen LogP contribution in [0.4, 0.5) is 13.2 Å². The smallest absolute Gasteiger partial charge is 0.366 e. The summed E-state index contributed by atoms with van der Waals surface area (Å²) in [6, 6.07) is 9.17. The quantitative estimate of drug-likeness (QED) is 0.842. The topological polar surface area (TPSA) is 40.5 Å². The molecule has 1 heterocycles. The molecule has 1 aromatic rings. The number of aliphatic hydroxyl groups is 1. The van der Waals surface area contributed by atoms with Gasteiger partial charge < -0.3 is 10.0 Å². The minimum Gasteiger partial charge on any atom is -0.366 e. The molecule has 0 bridgehead atoms. The lowest BCUT2D eigenvalue weighted by molar-refractivity contribution is -0.144. The Morgan fingerprint density at radius 1 is 1.27 bits per heavy atom. The average Bonchev–Trinajstić information content (AvgIpc) is 2.67. The van der Waals surface area contributed by atoms with Gasteiger partial charge in [0.1, 0.15) is 0 Å². The molecule has 7 heteroatoms. The van der Waals surface area contributed by atoms with E-state index < -0.39 is 29.8 Å². The summed E-state index contributed by atoms with van der Waals surface area (Å²) in [6.45, 7) is 1.77. The molecule has 1 atom stereocenters. The number of carbonyl (C=O) groups excluding carboxylic acids is 1. The van der Waals surface area contributed by atoms with Crippen molar-refractivity contribution in [2.75, 3.05) is 12.3 Å². The Morgan fingerprint density at radius 2 is 1.91 bits per heavy atom. The molecule has 1 aromatic carbocycles. The van der Waals surface area contributed by atoms with E-state index in [1.165, 1.54) is 11.8 Å². The lowest BCUT2D eigenvalue weighted by Crippen LogP contribution is -2.48. The highest BCUT2D eigenvalue weighted by molar-refractivity contribution is 7.99. The molecule has 1 amide bonds. The second-order valence-corrected chi connectivity index (χ2v) is 6.04. The van der Waals surface area contributed by atoms with Gasteiger partial charge in [0.05, 0.1) is 12.2 Å². The van der Waals surface area contributed by atoms with Gasteiger partial charge in [0, 0.05) is 17.0 Å². The highest BCUT2D eigenvalue weighted by Gasteiger charge is 2.45. The maximum atomic E-state index is 12.5. The molecule has 0 aliphatic carbocycles. The summed E-state index contributed by atoms with van der Waals surface area (Å²) in [6.07, 6.45) is -4.75. The van der Waals surface area contributed by atoms with Crippen molar-refractivity contribution < 1.29 is 23.1 Å². The van der Waals surface area contributed by atoms with Gasteiger partial charge in [-0.15, -0.1) is 11.8 Å². The van der Waals surface area contributed by atoms with E-state index >= 15 is 0 Å². The molecular formula is C15H16F3NO2S. The fraction of sp³-hybridized carbons (Fsp3) is 0.400. The molecular weight excluding hydrogens is 315 g/mol. The normalized spacial score (nSPS) is 22.1. The summed E-state index contributed by atoms with van der Waals surface area (Å²) in [7, 11) is 0. The maximum absolute atomic E-state index is 12.5. The van der Waals surface area contributed by atoms with Crippen molar-refractivity contribution in [3.8, 4) is 0 Å². The number of hydrogen-bond acceptors (Lipinski definition) is 3. The summed E-state index contributed by atoms with van der Waals surface area (Å²) < 4.78 is 37.5. The first kappa shape index (κ1) is 16.9. The SMILES string of the molecule is CCN1C(=O)C(CC(F)(F)F)=CC1(O)CSc1ccccc1. The molecule has 1 N–H and O–H groups in total. The van der Waals surface area contributed by atoms with Gasteiger partial charge in [-0.1, -0.05) is 18.2 Å². The summed E-state index contributed by atoms with van der Waals surface area (Å²) in [5.74, 6) is -0.672. The lowest BCUT2D eigenvalue weighted by atomic mass is 10.1. The number of benzene rings is 1. The molecule has 1 aliphatic rings. The van der Waals surface area contributed by atoms with E-state index in [1.807, 2.05) is 30.3 Å². The number of hydrogen-bond donors (Lipinski definition) is 1. The van der Waals surface area contributed by atoms with E-state index in [4.69, 9.17) is 0 Å². The van der Waals surface area contributed by atoms with E-state index in [1.54, 1.807) is 6.92 Å². The first-order valence-corrected chi connectivity index (χ1v) is 7.74. The van der Waals surface area contributed by atoms with Crippen molar-refractivity contribution in [2.24, 2.45) is 0 Å². The van der Waals surface area contributed by atoms with Crippen LogP contribution in [0.5, 0.6) is 0 Å². The third kappa shape index (κ3) is 3.84. The van der Waals surface area contributed by atoms with Crippen LogP contribution >= 0.6 is 11.8 Å². The molecule has 120 valence electrons. The monoisotopic (exact) mass is 331 g/mol. The van der Waals surface area contributed by atoms with Crippen LogP contribution in [0, 0.1) is 0 Å². The van der Waals surface area contributed by atoms with Crippen molar-refractivity contribution in [3.05, 3.63) is 42.0 Å². The number of amides is 1. The summed E-state index contributed by atoms with van der Waals surface area (Å²) in [5.41, 5.74) is -2.09. The second-order valence-electron chi connectivity index (χ2n) is 4.99. The zero-order valence-electron chi connectivity index (χ0n) is 11.9. The largest absolute Gasteiger partial charge is 0.393 e. The molecule has 0 saturated heterocycles. The number of halogens is 3. The van der Waals surface area contributed by atoms with Gasteiger partial charge in [0.15, 0.2) is 5.72 Å². The van der Waals surface area contributed by atoms with Crippen LogP contribution in [0.25, 0.3) is 0 Å². The molecule has 0 radical (unpaired) electrons. The number of alkyl halides is 3. The number of rotatable bonds is 5. The molecule has 0 aromatic heterocycles. The van der Waals surface area contributed by atoms with Gasteiger partial charge in [-0.3, -0.25) is 4.79 Å². The van der Waals surface area contributed by atoms with E-state index in [9.17, 15) is 23.1 Å². The predicted octanol–water partition coefficient (Wildman–Crippen LogP) is 3.21. The highest BCUT2D eigenvalue weighted by Crippen LogP contribution is 2.36. The molecule has 1 aliphatic heterocycles. The zero-order valence-corrected chi connectivity index (χ0v) is 12.7. The number of carbonyl (C=O) groups is 1. The molecule has 1 unspecified atom stereocenters. The number of nitrogens with zero attached hydrogens (tertiary/aromatic N) is 1. The standard InChI is InChI=1S/C15H16F3NO2S/c1-2-19-13(20)11(9-15(16,17)18)8-14(19,21)10-22-12-6-4-3-5-7-12/h3-8,21H,2,9-10H2,1H3. The minimum absolute atomic E-state index is 0.0813.